The Bertz CT molecular complexity index is 548. The Kier molecular flexibility index (Phi) is 3.07. The molecule has 90 valence electrons. The van der Waals surface area contributed by atoms with Crippen molar-refractivity contribution < 1.29 is 14.6 Å². The fraction of sp³-hybridized carbons (Fsp3) is 0.222. The quantitative estimate of drug-likeness (QED) is 0.748. The lowest BCUT2D eigenvalue weighted by atomic mass is 10.3. The molecule has 2 aromatic heterocycles. The van der Waals surface area contributed by atoms with Crippen molar-refractivity contribution in [2.24, 2.45) is 0 Å². The largest absolute Gasteiger partial charge is 0.477 e. The molecule has 0 fully saturated rings. The number of carboxylic acid groups (broad SMARTS) is 1. The zero-order valence-corrected chi connectivity index (χ0v) is 9.74. The van der Waals surface area contributed by atoms with Gasteiger partial charge in [-0.25, -0.2) is 9.78 Å². The third-order valence-electron chi connectivity index (χ3n) is 2.07. The molecule has 7 nitrogen and oxygen atoms in total. The minimum atomic E-state index is -1.03. The monoisotopic (exact) mass is 254 g/mol. The van der Waals surface area contributed by atoms with E-state index in [9.17, 15) is 4.79 Å². The highest BCUT2D eigenvalue weighted by Crippen LogP contribution is 2.31. The predicted octanol–water partition coefficient (Wildman–Crippen LogP) is 0.960. The molecule has 4 N–H and O–H groups in total. The number of thiazole rings is 1. The molecular weight excluding hydrogens is 244 g/mol. The van der Waals surface area contributed by atoms with E-state index in [4.69, 9.17) is 15.6 Å². The number of rotatable bonds is 4. The summed E-state index contributed by atoms with van der Waals surface area (Å²) in [6, 6.07) is 0. The normalized spacial score (nSPS) is 10.6. The van der Waals surface area contributed by atoms with Crippen LogP contribution >= 0.6 is 11.3 Å². The first-order valence-electron chi connectivity index (χ1n) is 4.64. The van der Waals surface area contributed by atoms with Crippen LogP contribution in [0, 0.1) is 0 Å². The van der Waals surface area contributed by atoms with Gasteiger partial charge in [0, 0.05) is 7.11 Å². The summed E-state index contributed by atoms with van der Waals surface area (Å²) in [5.74, 6) is -0.664. The predicted molar refractivity (Wildman–Crippen MR) is 61.8 cm³/mol. The second-order valence-corrected chi connectivity index (χ2v) is 4.23. The summed E-state index contributed by atoms with van der Waals surface area (Å²) < 4.78 is 4.91. The van der Waals surface area contributed by atoms with Gasteiger partial charge in [-0.1, -0.05) is 0 Å². The molecule has 0 spiro atoms. The number of hydrogen-bond donors (Lipinski definition) is 3. The summed E-state index contributed by atoms with van der Waals surface area (Å²) in [6.07, 6.45) is 1.51. The van der Waals surface area contributed by atoms with Crippen LogP contribution in [-0.4, -0.2) is 33.4 Å². The van der Waals surface area contributed by atoms with Crippen molar-refractivity contribution in [2.75, 3.05) is 12.8 Å². The summed E-state index contributed by atoms with van der Waals surface area (Å²) in [7, 11) is 1.48. The Balaban J connectivity index is 2.47. The average molecular weight is 254 g/mol. The summed E-state index contributed by atoms with van der Waals surface area (Å²) >= 11 is 1.05. The van der Waals surface area contributed by atoms with E-state index in [1.54, 1.807) is 0 Å². The molecule has 0 unspecified atom stereocenters. The van der Waals surface area contributed by atoms with E-state index in [2.05, 4.69) is 15.2 Å². The zero-order valence-electron chi connectivity index (χ0n) is 8.93. The molecule has 0 bridgehead atoms. The van der Waals surface area contributed by atoms with Crippen LogP contribution in [0.15, 0.2) is 6.20 Å². The number of nitrogens with zero attached hydrogens (tertiary/aromatic N) is 2. The van der Waals surface area contributed by atoms with Gasteiger partial charge in [-0.05, 0) is 0 Å². The van der Waals surface area contributed by atoms with E-state index in [1.807, 2.05) is 0 Å². The maximum atomic E-state index is 11.0. The van der Waals surface area contributed by atoms with Crippen molar-refractivity contribution in [3.05, 3.63) is 16.8 Å². The number of nitrogens with two attached hydrogens (primary N) is 1. The van der Waals surface area contributed by atoms with Crippen LogP contribution < -0.4 is 5.73 Å². The first-order chi connectivity index (χ1) is 8.13. The molecule has 0 atom stereocenters. The number of nitrogen functional groups attached to an aromatic ring is 1. The number of carbonyl (C=O) groups is 1. The van der Waals surface area contributed by atoms with E-state index in [-0.39, 0.29) is 11.5 Å². The van der Waals surface area contributed by atoms with E-state index in [0.29, 0.717) is 22.1 Å². The minimum Gasteiger partial charge on any atom is -0.477 e. The fourth-order valence-corrected chi connectivity index (χ4v) is 2.27. The molecule has 0 aliphatic carbocycles. The Morgan fingerprint density at radius 3 is 3.00 bits per heavy atom. The topological polar surface area (TPSA) is 114 Å². The van der Waals surface area contributed by atoms with E-state index in [1.165, 1.54) is 13.3 Å². The number of H-pyrrole nitrogens is 1. The maximum Gasteiger partial charge on any atom is 0.347 e. The molecule has 2 heterocycles. The molecule has 2 rings (SSSR count). The molecule has 17 heavy (non-hydrogen) atoms. The second-order valence-electron chi connectivity index (χ2n) is 3.23. The SMILES string of the molecule is COCc1nc(-c2cn[nH]c2N)sc1C(=O)O. The van der Waals surface area contributed by atoms with Crippen molar-refractivity contribution in [3.63, 3.8) is 0 Å². The molecule has 0 aliphatic rings. The van der Waals surface area contributed by atoms with Gasteiger partial charge in [-0.2, -0.15) is 5.10 Å². The number of nitrogens with one attached hydrogen (secondary N) is 1. The Morgan fingerprint density at radius 1 is 1.71 bits per heavy atom. The number of aromatic amines is 1. The van der Waals surface area contributed by atoms with Crippen LogP contribution in [0.5, 0.6) is 0 Å². The lowest BCUT2D eigenvalue weighted by Gasteiger charge is -1.94. The molecular formula is C9H10N4O3S. The standard InChI is InChI=1S/C9H10N4O3S/c1-16-3-5-6(9(14)15)17-8(12-5)4-2-11-13-7(4)10/h2H,3H2,1H3,(H,14,15)(H3,10,11,13). The van der Waals surface area contributed by atoms with Crippen molar-refractivity contribution in [1.29, 1.82) is 0 Å². The third kappa shape index (κ3) is 2.12. The summed E-state index contributed by atoms with van der Waals surface area (Å²) in [6.45, 7) is 0.149. The first-order valence-corrected chi connectivity index (χ1v) is 5.46. The number of ether oxygens (including phenoxy) is 1. The van der Waals surface area contributed by atoms with Crippen LogP contribution in [0.1, 0.15) is 15.4 Å². The van der Waals surface area contributed by atoms with Gasteiger partial charge in [0.25, 0.3) is 0 Å². The fourth-order valence-electron chi connectivity index (χ4n) is 1.34. The van der Waals surface area contributed by atoms with Crippen molar-refractivity contribution in [1.82, 2.24) is 15.2 Å². The number of methoxy groups -OCH3 is 1. The lowest BCUT2D eigenvalue weighted by molar-refractivity contribution is 0.0697. The van der Waals surface area contributed by atoms with Gasteiger partial charge >= 0.3 is 5.97 Å². The van der Waals surface area contributed by atoms with Gasteiger partial charge < -0.3 is 15.6 Å². The molecule has 0 amide bonds. The number of aromatic carboxylic acids is 1. The van der Waals surface area contributed by atoms with Crippen molar-refractivity contribution in [3.8, 4) is 10.6 Å². The molecule has 0 aromatic carbocycles. The van der Waals surface area contributed by atoms with Gasteiger partial charge in [0.05, 0.1) is 24.1 Å². The van der Waals surface area contributed by atoms with Crippen LogP contribution in [-0.2, 0) is 11.3 Å². The molecule has 0 aliphatic heterocycles. The molecule has 2 aromatic rings. The second kappa shape index (κ2) is 4.52. The average Bonchev–Trinajstić information content (AvgIpc) is 2.84. The van der Waals surface area contributed by atoms with Crippen LogP contribution in [0.25, 0.3) is 10.6 Å². The van der Waals surface area contributed by atoms with E-state index >= 15 is 0 Å². The molecule has 0 saturated carbocycles. The van der Waals surface area contributed by atoms with Gasteiger partial charge in [0.15, 0.2) is 0 Å². The number of aromatic nitrogens is 3. The first kappa shape index (κ1) is 11.6. The Labute approximate surface area is 100 Å². The highest BCUT2D eigenvalue weighted by molar-refractivity contribution is 7.17. The molecule has 0 radical (unpaired) electrons. The van der Waals surface area contributed by atoms with Crippen molar-refractivity contribution in [2.45, 2.75) is 6.61 Å². The Morgan fingerprint density at radius 2 is 2.47 bits per heavy atom. The summed E-state index contributed by atoms with van der Waals surface area (Å²) in [5.41, 5.74) is 6.64. The molecule has 8 heteroatoms. The van der Waals surface area contributed by atoms with E-state index < -0.39 is 5.97 Å². The number of carboxylic acids is 1. The molecule has 0 saturated heterocycles. The minimum absolute atomic E-state index is 0.149. The summed E-state index contributed by atoms with van der Waals surface area (Å²) in [5, 5.41) is 15.9. The maximum absolute atomic E-state index is 11.0. The highest BCUT2D eigenvalue weighted by atomic mass is 32.1. The lowest BCUT2D eigenvalue weighted by Crippen LogP contribution is -1.99. The van der Waals surface area contributed by atoms with Crippen LogP contribution in [0.3, 0.4) is 0 Å². The van der Waals surface area contributed by atoms with Gasteiger partial charge in [0.2, 0.25) is 0 Å². The number of hydrogen-bond acceptors (Lipinski definition) is 6. The van der Waals surface area contributed by atoms with Gasteiger partial charge in [-0.15, -0.1) is 11.3 Å². The Hall–Kier alpha value is -1.93. The van der Waals surface area contributed by atoms with Crippen LogP contribution in [0.4, 0.5) is 5.82 Å². The summed E-state index contributed by atoms with van der Waals surface area (Å²) in [4.78, 5) is 15.4. The zero-order chi connectivity index (χ0) is 12.4. The number of anilines is 1. The highest BCUT2D eigenvalue weighted by Gasteiger charge is 2.19. The van der Waals surface area contributed by atoms with E-state index in [0.717, 1.165) is 11.3 Å². The smallest absolute Gasteiger partial charge is 0.347 e. The van der Waals surface area contributed by atoms with Crippen molar-refractivity contribution >= 4 is 23.1 Å². The third-order valence-corrected chi connectivity index (χ3v) is 3.19. The van der Waals surface area contributed by atoms with Gasteiger partial charge in [0.1, 0.15) is 15.7 Å². The van der Waals surface area contributed by atoms with Crippen LogP contribution in [0.2, 0.25) is 0 Å². The van der Waals surface area contributed by atoms with Gasteiger partial charge in [-0.3, -0.25) is 5.10 Å².